The first-order valence-corrected chi connectivity index (χ1v) is 10.1. The van der Waals surface area contributed by atoms with Crippen LogP contribution in [0.5, 0.6) is 0 Å². The molecule has 0 radical (unpaired) electrons. The Hall–Kier alpha value is -2.64. The van der Waals surface area contributed by atoms with E-state index in [1.807, 2.05) is 79.7 Å². The van der Waals surface area contributed by atoms with Gasteiger partial charge in [0.1, 0.15) is 0 Å². The Balaban J connectivity index is 1.98. The third-order valence-corrected chi connectivity index (χ3v) is 6.79. The van der Waals surface area contributed by atoms with Crippen molar-refractivity contribution in [2.45, 2.75) is 13.3 Å². The van der Waals surface area contributed by atoms with Crippen LogP contribution in [0.15, 0.2) is 84.9 Å². The van der Waals surface area contributed by atoms with Crippen LogP contribution < -0.4 is 16.0 Å². The summed E-state index contributed by atoms with van der Waals surface area (Å²) >= 11 is 0. The third-order valence-electron chi connectivity index (χ3n) is 4.48. The fraction of sp³-hybridized carbons (Fsp3) is 0.0870. The Morgan fingerprint density at radius 1 is 0.778 bits per heavy atom. The Bertz CT molecular complexity index is 1030. The number of pyridine rings is 1. The van der Waals surface area contributed by atoms with Crippen molar-refractivity contribution in [2.75, 3.05) is 0 Å². The molecule has 0 aliphatic rings. The van der Waals surface area contributed by atoms with Crippen LogP contribution in [0, 0.1) is 6.92 Å². The highest BCUT2D eigenvalue weighted by molar-refractivity contribution is 7.79. The van der Waals surface area contributed by atoms with E-state index in [9.17, 15) is 8.78 Å². The normalized spacial score (nSPS) is 11.4. The summed E-state index contributed by atoms with van der Waals surface area (Å²) in [6.45, 7) is 1.91. The molecule has 0 amide bonds. The van der Waals surface area contributed by atoms with E-state index in [0.29, 0.717) is 16.3 Å². The highest BCUT2D eigenvalue weighted by Crippen LogP contribution is 2.35. The summed E-state index contributed by atoms with van der Waals surface area (Å²) in [5.41, 5.74) is 2.33. The zero-order valence-corrected chi connectivity index (χ0v) is 15.7. The van der Waals surface area contributed by atoms with E-state index in [-0.39, 0.29) is 5.56 Å². The van der Waals surface area contributed by atoms with E-state index in [4.69, 9.17) is 4.98 Å². The molecule has 134 valence electrons. The van der Waals surface area contributed by atoms with E-state index < -0.39 is 14.3 Å². The maximum atomic E-state index is 13.9. The largest absolute Gasteiger partial charge is 0.264 e. The van der Waals surface area contributed by atoms with Gasteiger partial charge in [-0.05, 0) is 35.7 Å². The second kappa shape index (κ2) is 7.54. The molecule has 1 nitrogen and oxygen atoms in total. The monoisotopic (exact) mass is 377 g/mol. The smallest absolute Gasteiger partial charge is 0.247 e. The van der Waals surface area contributed by atoms with Gasteiger partial charge in [0, 0.05) is 18.9 Å². The quantitative estimate of drug-likeness (QED) is 0.443. The average molecular weight is 377 g/mol. The number of rotatable bonds is 4. The number of benzene rings is 3. The number of nitrogens with zero attached hydrogens (tertiary/aromatic N) is 1. The zero-order valence-electron chi connectivity index (χ0n) is 14.8. The van der Waals surface area contributed by atoms with Gasteiger partial charge >= 0.3 is 0 Å². The lowest BCUT2D eigenvalue weighted by atomic mass is 10.1. The molecule has 4 heteroatoms. The van der Waals surface area contributed by atoms with Gasteiger partial charge in [-0.25, -0.2) is 13.8 Å². The van der Waals surface area contributed by atoms with Crippen molar-refractivity contribution in [3.8, 4) is 0 Å². The topological polar surface area (TPSA) is 12.9 Å². The fourth-order valence-electron chi connectivity index (χ4n) is 3.21. The minimum Gasteiger partial charge on any atom is -0.247 e. The summed E-state index contributed by atoms with van der Waals surface area (Å²) < 4.78 is 27.7. The lowest BCUT2D eigenvalue weighted by molar-refractivity contribution is 0.153. The second-order valence-electron chi connectivity index (χ2n) is 6.40. The SMILES string of the molecule is Cc1ccc2nc(P(c3ccccc3)c3ccccc3)cc(C(F)F)c2c1. The predicted octanol–water partition coefficient (Wildman–Crippen LogP) is 5.24. The van der Waals surface area contributed by atoms with Crippen LogP contribution >= 0.6 is 7.92 Å². The number of fused-ring (bicyclic) bond motifs is 1. The average Bonchev–Trinajstić information content (AvgIpc) is 2.69. The first-order chi connectivity index (χ1) is 13.1. The Morgan fingerprint density at radius 2 is 1.37 bits per heavy atom. The van der Waals surface area contributed by atoms with Crippen molar-refractivity contribution in [3.63, 3.8) is 0 Å². The maximum absolute atomic E-state index is 13.9. The summed E-state index contributed by atoms with van der Waals surface area (Å²) in [5.74, 6) is 0. The highest BCUT2D eigenvalue weighted by Gasteiger charge is 2.22. The molecule has 4 rings (SSSR count). The molecule has 0 saturated heterocycles. The molecule has 4 aromatic rings. The van der Waals surface area contributed by atoms with E-state index in [1.54, 1.807) is 12.1 Å². The van der Waals surface area contributed by atoms with Gasteiger partial charge in [0.05, 0.1) is 11.0 Å². The van der Waals surface area contributed by atoms with Crippen molar-refractivity contribution >= 4 is 34.9 Å². The molecule has 0 fully saturated rings. The van der Waals surface area contributed by atoms with Gasteiger partial charge in [0.25, 0.3) is 6.43 Å². The summed E-state index contributed by atoms with van der Waals surface area (Å²) in [7, 11) is -1.01. The predicted molar refractivity (Wildman–Crippen MR) is 110 cm³/mol. The van der Waals surface area contributed by atoms with Crippen molar-refractivity contribution in [2.24, 2.45) is 0 Å². The van der Waals surface area contributed by atoms with Gasteiger partial charge in [-0.1, -0.05) is 72.3 Å². The van der Waals surface area contributed by atoms with Crippen LogP contribution in [-0.2, 0) is 0 Å². The van der Waals surface area contributed by atoms with E-state index >= 15 is 0 Å². The molecule has 0 bridgehead atoms. The molecule has 0 aliphatic carbocycles. The zero-order chi connectivity index (χ0) is 18.8. The summed E-state index contributed by atoms with van der Waals surface area (Å²) in [5, 5.41) is 2.72. The first-order valence-electron chi connectivity index (χ1n) is 8.73. The second-order valence-corrected chi connectivity index (χ2v) is 8.56. The number of alkyl halides is 2. The van der Waals surface area contributed by atoms with Gasteiger partial charge in [0.15, 0.2) is 0 Å². The van der Waals surface area contributed by atoms with Gasteiger partial charge < -0.3 is 0 Å². The summed E-state index contributed by atoms with van der Waals surface area (Å²) in [4.78, 5) is 4.81. The standard InChI is InChI=1S/C23H18F2NP/c1-16-12-13-21-19(14-16)20(23(24)25)15-22(26-21)27(17-8-4-2-5-9-17)18-10-6-3-7-11-18/h2-15,23H,1H3. The fourth-order valence-corrected chi connectivity index (χ4v) is 5.46. The van der Waals surface area contributed by atoms with Crippen LogP contribution in [0.2, 0.25) is 0 Å². The van der Waals surface area contributed by atoms with Gasteiger partial charge in [-0.2, -0.15) is 0 Å². The maximum Gasteiger partial charge on any atom is 0.264 e. The molecule has 3 aromatic carbocycles. The lowest BCUT2D eigenvalue weighted by Crippen LogP contribution is -2.23. The number of hydrogen-bond donors (Lipinski definition) is 0. The van der Waals surface area contributed by atoms with Crippen LogP contribution in [0.3, 0.4) is 0 Å². The Kier molecular flexibility index (Phi) is 4.96. The molecule has 0 N–H and O–H groups in total. The molecule has 0 aliphatic heterocycles. The summed E-state index contributed by atoms with van der Waals surface area (Å²) in [6, 6.07) is 27.2. The minimum absolute atomic E-state index is 0.0538. The number of hydrogen-bond acceptors (Lipinski definition) is 1. The molecule has 0 unspecified atom stereocenters. The molecule has 0 spiro atoms. The van der Waals surface area contributed by atoms with Gasteiger partial charge in [-0.15, -0.1) is 0 Å². The van der Waals surface area contributed by atoms with Crippen LogP contribution in [-0.4, -0.2) is 4.98 Å². The summed E-state index contributed by atoms with van der Waals surface area (Å²) in [6.07, 6.45) is -2.54. The Morgan fingerprint density at radius 3 is 1.93 bits per heavy atom. The molecular weight excluding hydrogens is 359 g/mol. The molecule has 0 atom stereocenters. The van der Waals surface area contributed by atoms with Crippen molar-refractivity contribution < 1.29 is 8.78 Å². The van der Waals surface area contributed by atoms with Crippen LogP contribution in [0.1, 0.15) is 17.6 Å². The van der Waals surface area contributed by atoms with Crippen molar-refractivity contribution in [3.05, 3.63) is 96.1 Å². The van der Waals surface area contributed by atoms with Crippen LogP contribution in [0.4, 0.5) is 8.78 Å². The van der Waals surface area contributed by atoms with Crippen molar-refractivity contribution in [1.82, 2.24) is 4.98 Å². The van der Waals surface area contributed by atoms with E-state index in [2.05, 4.69) is 0 Å². The highest BCUT2D eigenvalue weighted by atomic mass is 31.1. The number of halogens is 2. The Labute approximate surface area is 158 Å². The van der Waals surface area contributed by atoms with Crippen molar-refractivity contribution in [1.29, 1.82) is 0 Å². The van der Waals surface area contributed by atoms with Gasteiger partial charge in [0.2, 0.25) is 0 Å². The molecular formula is C23H18F2NP. The first kappa shape index (κ1) is 17.8. The minimum atomic E-state index is -2.54. The number of aromatic nitrogens is 1. The molecule has 0 saturated carbocycles. The molecule has 1 heterocycles. The molecule has 27 heavy (non-hydrogen) atoms. The number of aryl methyl sites for hydroxylation is 1. The van der Waals surface area contributed by atoms with Crippen LogP contribution in [0.25, 0.3) is 10.9 Å². The third kappa shape index (κ3) is 3.61. The van der Waals surface area contributed by atoms with E-state index in [0.717, 1.165) is 16.2 Å². The van der Waals surface area contributed by atoms with E-state index in [1.165, 1.54) is 0 Å². The molecule has 1 aromatic heterocycles. The van der Waals surface area contributed by atoms with Gasteiger partial charge in [-0.3, -0.25) is 0 Å². The lowest BCUT2D eigenvalue weighted by Gasteiger charge is -2.20.